The Kier molecular flexibility index (Phi) is 4.04. The van der Waals surface area contributed by atoms with Gasteiger partial charge in [-0.3, -0.25) is 0 Å². The van der Waals surface area contributed by atoms with E-state index in [0.29, 0.717) is 11.4 Å². The van der Waals surface area contributed by atoms with Crippen LogP contribution in [0.1, 0.15) is 17.4 Å². The van der Waals surface area contributed by atoms with Crippen LogP contribution in [0, 0.1) is 0 Å². The van der Waals surface area contributed by atoms with E-state index in [1.165, 1.54) is 0 Å². The molecule has 3 aromatic rings. The van der Waals surface area contributed by atoms with Crippen LogP contribution in [0.2, 0.25) is 5.02 Å². The Bertz CT molecular complexity index is 722. The molecule has 0 aliphatic heterocycles. The summed E-state index contributed by atoms with van der Waals surface area (Å²) in [4.78, 5) is 7.70. The van der Waals surface area contributed by atoms with E-state index >= 15 is 0 Å². The average molecular weight is 298 g/mol. The summed E-state index contributed by atoms with van der Waals surface area (Å²) in [6.45, 7) is 0. The van der Waals surface area contributed by atoms with Gasteiger partial charge in [0.05, 0.1) is 11.9 Å². The van der Waals surface area contributed by atoms with Crippen LogP contribution in [0.5, 0.6) is 0 Å². The van der Waals surface area contributed by atoms with Crippen LogP contribution in [0.25, 0.3) is 11.3 Å². The molecule has 0 radical (unpaired) electrons. The van der Waals surface area contributed by atoms with Crippen molar-refractivity contribution in [3.05, 3.63) is 77.2 Å². The predicted octanol–water partition coefficient (Wildman–Crippen LogP) is 3.97. The Balaban J connectivity index is 1.78. The number of aromatic nitrogens is 2. The third kappa shape index (κ3) is 3.15. The van der Waals surface area contributed by atoms with Gasteiger partial charge in [0.25, 0.3) is 0 Å². The molecule has 0 saturated heterocycles. The fourth-order valence-electron chi connectivity index (χ4n) is 2.31. The number of hydrogen-bond acceptors (Lipinski definition) is 2. The maximum absolute atomic E-state index is 6.22. The van der Waals surface area contributed by atoms with E-state index in [-0.39, 0.29) is 6.04 Å². The molecular weight excluding hydrogens is 282 g/mol. The number of rotatable bonds is 4. The first-order valence-electron chi connectivity index (χ1n) is 6.83. The first-order valence-corrected chi connectivity index (χ1v) is 7.21. The minimum Gasteiger partial charge on any atom is -0.342 e. The van der Waals surface area contributed by atoms with Crippen LogP contribution in [0.4, 0.5) is 0 Å². The Morgan fingerprint density at radius 2 is 1.76 bits per heavy atom. The standard InChI is InChI=1S/C17H16ClN3/c18-14-9-5-4-8-13(14)16-11-20-17(21-16)10-15(19)12-6-2-1-3-7-12/h1-9,11,15H,10,19H2,(H,20,21). The van der Waals surface area contributed by atoms with Crippen molar-refractivity contribution in [1.29, 1.82) is 0 Å². The topological polar surface area (TPSA) is 54.7 Å². The van der Waals surface area contributed by atoms with E-state index in [0.717, 1.165) is 22.6 Å². The highest BCUT2D eigenvalue weighted by molar-refractivity contribution is 6.33. The summed E-state index contributed by atoms with van der Waals surface area (Å²) in [5, 5.41) is 0.708. The predicted molar refractivity (Wildman–Crippen MR) is 86.1 cm³/mol. The average Bonchev–Trinajstić information content (AvgIpc) is 2.97. The number of hydrogen-bond donors (Lipinski definition) is 2. The van der Waals surface area contributed by atoms with Gasteiger partial charge < -0.3 is 10.7 Å². The van der Waals surface area contributed by atoms with Crippen molar-refractivity contribution in [1.82, 2.24) is 9.97 Å². The first-order chi connectivity index (χ1) is 10.2. The molecule has 4 heteroatoms. The van der Waals surface area contributed by atoms with Crippen LogP contribution < -0.4 is 5.73 Å². The SMILES string of the molecule is NC(Cc1ncc(-c2ccccc2Cl)[nH]1)c1ccccc1. The fourth-order valence-corrected chi connectivity index (χ4v) is 2.55. The second-order valence-corrected chi connectivity index (χ2v) is 5.35. The molecule has 0 fully saturated rings. The number of nitrogens with one attached hydrogen (secondary N) is 1. The summed E-state index contributed by atoms with van der Waals surface area (Å²) in [5.74, 6) is 0.862. The van der Waals surface area contributed by atoms with Crippen molar-refractivity contribution < 1.29 is 0 Å². The van der Waals surface area contributed by atoms with Gasteiger partial charge in [0.15, 0.2) is 0 Å². The van der Waals surface area contributed by atoms with E-state index in [1.807, 2.05) is 54.6 Å². The molecule has 3 nitrogen and oxygen atoms in total. The molecule has 3 N–H and O–H groups in total. The molecular formula is C17H16ClN3. The molecule has 21 heavy (non-hydrogen) atoms. The van der Waals surface area contributed by atoms with Gasteiger partial charge in [0.2, 0.25) is 0 Å². The minimum atomic E-state index is -0.0727. The highest BCUT2D eigenvalue weighted by Crippen LogP contribution is 2.26. The monoisotopic (exact) mass is 297 g/mol. The lowest BCUT2D eigenvalue weighted by Gasteiger charge is -2.09. The van der Waals surface area contributed by atoms with Crippen molar-refractivity contribution >= 4 is 11.6 Å². The van der Waals surface area contributed by atoms with Crippen molar-refractivity contribution in [2.45, 2.75) is 12.5 Å². The number of halogens is 1. The largest absolute Gasteiger partial charge is 0.342 e. The second-order valence-electron chi connectivity index (χ2n) is 4.94. The molecule has 0 bridgehead atoms. The van der Waals surface area contributed by atoms with Crippen molar-refractivity contribution in [2.24, 2.45) is 5.73 Å². The van der Waals surface area contributed by atoms with Gasteiger partial charge in [-0.1, -0.05) is 60.1 Å². The van der Waals surface area contributed by atoms with Gasteiger partial charge in [0, 0.05) is 23.0 Å². The van der Waals surface area contributed by atoms with E-state index in [2.05, 4.69) is 9.97 Å². The number of imidazole rings is 1. The summed E-state index contributed by atoms with van der Waals surface area (Å²) in [6, 6.07) is 17.7. The lowest BCUT2D eigenvalue weighted by atomic mass is 10.0. The van der Waals surface area contributed by atoms with Gasteiger partial charge in [-0.15, -0.1) is 0 Å². The third-order valence-corrected chi connectivity index (χ3v) is 3.76. The second kappa shape index (κ2) is 6.12. The van der Waals surface area contributed by atoms with Crippen LogP contribution in [-0.2, 0) is 6.42 Å². The minimum absolute atomic E-state index is 0.0727. The van der Waals surface area contributed by atoms with E-state index < -0.39 is 0 Å². The van der Waals surface area contributed by atoms with Gasteiger partial charge in [0.1, 0.15) is 5.82 Å². The highest BCUT2D eigenvalue weighted by Gasteiger charge is 2.11. The Hall–Kier alpha value is -2.10. The number of aromatic amines is 1. The summed E-state index contributed by atoms with van der Waals surface area (Å²) < 4.78 is 0. The Morgan fingerprint density at radius 3 is 2.52 bits per heavy atom. The summed E-state index contributed by atoms with van der Waals surface area (Å²) in [5.41, 5.74) is 9.19. The summed E-state index contributed by atoms with van der Waals surface area (Å²) in [6.07, 6.45) is 2.46. The van der Waals surface area contributed by atoms with Crippen LogP contribution in [0.3, 0.4) is 0 Å². The van der Waals surface area contributed by atoms with Crippen LogP contribution >= 0.6 is 11.6 Å². The molecule has 1 aromatic heterocycles. The lowest BCUT2D eigenvalue weighted by Crippen LogP contribution is -2.13. The zero-order chi connectivity index (χ0) is 14.7. The van der Waals surface area contributed by atoms with E-state index in [1.54, 1.807) is 6.20 Å². The maximum Gasteiger partial charge on any atom is 0.108 e. The molecule has 3 rings (SSSR count). The van der Waals surface area contributed by atoms with Crippen LogP contribution in [0.15, 0.2) is 60.8 Å². The molecule has 106 valence electrons. The van der Waals surface area contributed by atoms with Gasteiger partial charge >= 0.3 is 0 Å². The highest BCUT2D eigenvalue weighted by atomic mass is 35.5. The van der Waals surface area contributed by atoms with Gasteiger partial charge in [-0.05, 0) is 11.6 Å². The molecule has 1 unspecified atom stereocenters. The normalized spacial score (nSPS) is 12.3. The van der Waals surface area contributed by atoms with Crippen molar-refractivity contribution in [3.63, 3.8) is 0 Å². The number of nitrogens with two attached hydrogens (primary N) is 1. The maximum atomic E-state index is 6.22. The Morgan fingerprint density at radius 1 is 1.05 bits per heavy atom. The van der Waals surface area contributed by atoms with Crippen molar-refractivity contribution in [2.75, 3.05) is 0 Å². The lowest BCUT2D eigenvalue weighted by molar-refractivity contribution is 0.695. The van der Waals surface area contributed by atoms with E-state index in [4.69, 9.17) is 17.3 Å². The molecule has 0 spiro atoms. The number of benzene rings is 2. The molecule has 0 aliphatic rings. The fraction of sp³-hybridized carbons (Fsp3) is 0.118. The zero-order valence-electron chi connectivity index (χ0n) is 11.5. The molecule has 0 saturated carbocycles. The van der Waals surface area contributed by atoms with Crippen molar-refractivity contribution in [3.8, 4) is 11.3 Å². The molecule has 1 heterocycles. The summed E-state index contributed by atoms with van der Waals surface area (Å²) >= 11 is 6.20. The quantitative estimate of drug-likeness (QED) is 0.765. The Labute approximate surface area is 128 Å². The molecule has 2 aromatic carbocycles. The van der Waals surface area contributed by atoms with E-state index in [9.17, 15) is 0 Å². The number of nitrogens with zero attached hydrogens (tertiary/aromatic N) is 1. The van der Waals surface area contributed by atoms with Gasteiger partial charge in [-0.2, -0.15) is 0 Å². The smallest absolute Gasteiger partial charge is 0.108 e. The molecule has 0 aliphatic carbocycles. The zero-order valence-corrected chi connectivity index (χ0v) is 12.2. The molecule has 0 amide bonds. The third-order valence-electron chi connectivity index (χ3n) is 3.43. The number of H-pyrrole nitrogens is 1. The van der Waals surface area contributed by atoms with Gasteiger partial charge in [-0.25, -0.2) is 4.98 Å². The summed E-state index contributed by atoms with van der Waals surface area (Å²) in [7, 11) is 0. The molecule has 1 atom stereocenters. The van der Waals surface area contributed by atoms with Crippen LogP contribution in [-0.4, -0.2) is 9.97 Å². The first kappa shape index (κ1) is 13.9.